The van der Waals surface area contributed by atoms with E-state index >= 15 is 0 Å². The lowest BCUT2D eigenvalue weighted by Crippen LogP contribution is -2.44. The molecular formula is C27H19BrClFN4O4. The minimum absolute atomic E-state index is 0.0132. The number of halogens is 3. The van der Waals surface area contributed by atoms with Crippen LogP contribution in [0.5, 0.6) is 0 Å². The summed E-state index contributed by atoms with van der Waals surface area (Å²) in [5.41, 5.74) is 2.35. The molecule has 1 aliphatic rings. The standard InChI is InChI=1S/C27H19BrClFN4O4/c28-19-4-1-3-18-17(19)11-12-33(25(18)23(35)13-15-7-9-16(10-8-15)27(37)38)26(36)21-14-34(32-31-21)22-6-2-5-20(29)24(22)30/h1-10,14,25H,11-13H2,(H,37,38). The highest BCUT2D eigenvalue weighted by Gasteiger charge is 2.37. The van der Waals surface area contributed by atoms with Crippen LogP contribution in [0.15, 0.2) is 71.3 Å². The quantitative estimate of drug-likeness (QED) is 0.333. The number of hydrogen-bond donors (Lipinski definition) is 1. The second-order valence-corrected chi connectivity index (χ2v) is 9.99. The van der Waals surface area contributed by atoms with Gasteiger partial charge >= 0.3 is 5.97 Å². The van der Waals surface area contributed by atoms with Gasteiger partial charge in [-0.2, -0.15) is 0 Å². The number of aromatic carboxylic acids is 1. The van der Waals surface area contributed by atoms with E-state index in [1.165, 1.54) is 35.4 Å². The second-order valence-electron chi connectivity index (χ2n) is 8.73. The third-order valence-electron chi connectivity index (χ3n) is 6.40. The summed E-state index contributed by atoms with van der Waals surface area (Å²) in [5, 5.41) is 16.9. The topological polar surface area (TPSA) is 105 Å². The number of aromatic nitrogens is 3. The van der Waals surface area contributed by atoms with E-state index in [0.29, 0.717) is 17.5 Å². The number of fused-ring (bicyclic) bond motifs is 1. The molecule has 1 amide bonds. The van der Waals surface area contributed by atoms with Crippen LogP contribution in [-0.4, -0.2) is 49.2 Å². The van der Waals surface area contributed by atoms with Crippen LogP contribution < -0.4 is 0 Å². The number of nitrogens with zero attached hydrogens (tertiary/aromatic N) is 4. The van der Waals surface area contributed by atoms with Crippen LogP contribution in [0.3, 0.4) is 0 Å². The Morgan fingerprint density at radius 1 is 1.08 bits per heavy atom. The molecule has 0 fully saturated rings. The number of hydrogen-bond acceptors (Lipinski definition) is 5. The van der Waals surface area contributed by atoms with Gasteiger partial charge in [-0.05, 0) is 53.4 Å². The van der Waals surface area contributed by atoms with Gasteiger partial charge in [0.05, 0.1) is 16.8 Å². The Kier molecular flexibility index (Phi) is 7.09. The van der Waals surface area contributed by atoms with Gasteiger partial charge in [0, 0.05) is 17.4 Å². The smallest absolute Gasteiger partial charge is 0.335 e. The van der Waals surface area contributed by atoms with Gasteiger partial charge in [-0.15, -0.1) is 5.10 Å². The van der Waals surface area contributed by atoms with Gasteiger partial charge in [-0.3, -0.25) is 9.59 Å². The normalized spacial score (nSPS) is 14.7. The first-order chi connectivity index (χ1) is 18.2. The van der Waals surface area contributed by atoms with Gasteiger partial charge < -0.3 is 10.0 Å². The molecule has 1 aromatic heterocycles. The molecule has 192 valence electrons. The van der Waals surface area contributed by atoms with Crippen LogP contribution in [0.2, 0.25) is 5.02 Å². The molecule has 8 nitrogen and oxygen atoms in total. The lowest BCUT2D eigenvalue weighted by Gasteiger charge is -2.36. The Morgan fingerprint density at radius 3 is 2.55 bits per heavy atom. The SMILES string of the molecule is O=C(O)c1ccc(CC(=O)C2c3cccc(Br)c3CCN2C(=O)c2cn(-c3cccc(Cl)c3F)nn2)cc1. The molecule has 0 aliphatic carbocycles. The third-order valence-corrected chi connectivity index (χ3v) is 7.43. The molecule has 0 saturated heterocycles. The molecule has 38 heavy (non-hydrogen) atoms. The molecule has 4 aromatic rings. The third kappa shape index (κ3) is 4.84. The molecule has 1 N–H and O–H groups in total. The molecule has 0 radical (unpaired) electrons. The molecule has 5 rings (SSSR count). The average Bonchev–Trinajstić information content (AvgIpc) is 3.40. The van der Waals surface area contributed by atoms with Gasteiger partial charge in [0.2, 0.25) is 0 Å². The van der Waals surface area contributed by atoms with Crippen molar-refractivity contribution in [1.82, 2.24) is 19.9 Å². The lowest BCUT2D eigenvalue weighted by molar-refractivity contribution is -0.123. The number of Topliss-reactive ketones (excluding diaryl/α,β-unsaturated/α-hetero) is 1. The summed E-state index contributed by atoms with van der Waals surface area (Å²) in [4.78, 5) is 39.9. The fourth-order valence-corrected chi connectivity index (χ4v) is 5.30. The van der Waals surface area contributed by atoms with Crippen LogP contribution in [0.4, 0.5) is 4.39 Å². The summed E-state index contributed by atoms with van der Waals surface area (Å²) in [6, 6.07) is 15.1. The highest BCUT2D eigenvalue weighted by molar-refractivity contribution is 9.10. The number of carboxylic acids is 1. The largest absolute Gasteiger partial charge is 0.478 e. The van der Waals surface area contributed by atoms with Crippen LogP contribution in [0, 0.1) is 5.82 Å². The highest BCUT2D eigenvalue weighted by Crippen LogP contribution is 2.36. The number of carboxylic acid groups (broad SMARTS) is 1. The van der Waals surface area contributed by atoms with Crippen molar-refractivity contribution in [1.29, 1.82) is 0 Å². The molecule has 1 atom stereocenters. The number of carbonyl (C=O) groups is 3. The van der Waals surface area contributed by atoms with Crippen molar-refractivity contribution in [3.8, 4) is 5.69 Å². The van der Waals surface area contributed by atoms with E-state index in [4.69, 9.17) is 16.7 Å². The first-order valence-corrected chi connectivity index (χ1v) is 12.7. The second kappa shape index (κ2) is 10.5. The van der Waals surface area contributed by atoms with Crippen LogP contribution >= 0.6 is 27.5 Å². The first kappa shape index (κ1) is 25.7. The summed E-state index contributed by atoms with van der Waals surface area (Å²) in [7, 11) is 0. The van der Waals surface area contributed by atoms with Crippen LogP contribution in [-0.2, 0) is 17.6 Å². The lowest BCUT2D eigenvalue weighted by atomic mass is 9.87. The molecule has 0 bridgehead atoms. The van der Waals surface area contributed by atoms with Gasteiger partial charge in [0.15, 0.2) is 17.3 Å². The molecule has 2 heterocycles. The summed E-state index contributed by atoms with van der Waals surface area (Å²) < 4.78 is 16.5. The predicted octanol–water partition coefficient (Wildman–Crippen LogP) is 5.07. The maximum absolute atomic E-state index is 14.5. The van der Waals surface area contributed by atoms with E-state index < -0.39 is 23.7 Å². The minimum Gasteiger partial charge on any atom is -0.478 e. The van der Waals surface area contributed by atoms with Crippen LogP contribution in [0.25, 0.3) is 5.69 Å². The fraction of sp³-hybridized carbons (Fsp3) is 0.148. The van der Waals surface area contributed by atoms with Crippen LogP contribution in [0.1, 0.15) is 43.6 Å². The zero-order valence-corrected chi connectivity index (χ0v) is 22.0. The maximum atomic E-state index is 14.5. The molecule has 11 heteroatoms. The molecule has 3 aromatic carbocycles. The number of carbonyl (C=O) groups excluding carboxylic acids is 2. The number of benzene rings is 3. The fourth-order valence-electron chi connectivity index (χ4n) is 4.55. The first-order valence-electron chi connectivity index (χ1n) is 11.5. The zero-order valence-electron chi connectivity index (χ0n) is 19.6. The van der Waals surface area contributed by atoms with Gasteiger partial charge in [-0.1, -0.05) is 63.1 Å². The summed E-state index contributed by atoms with van der Waals surface area (Å²) in [6.45, 7) is 0.251. The zero-order chi connectivity index (χ0) is 27.0. The Hall–Kier alpha value is -3.89. The monoisotopic (exact) mass is 596 g/mol. The maximum Gasteiger partial charge on any atom is 0.335 e. The van der Waals surface area contributed by atoms with Crippen molar-refractivity contribution in [2.45, 2.75) is 18.9 Å². The summed E-state index contributed by atoms with van der Waals surface area (Å²) >= 11 is 9.43. The number of ketones is 1. The molecule has 0 saturated carbocycles. The van der Waals surface area contributed by atoms with Crippen molar-refractivity contribution in [2.24, 2.45) is 0 Å². The van der Waals surface area contributed by atoms with Gasteiger partial charge in [-0.25, -0.2) is 13.9 Å². The number of rotatable bonds is 6. The Labute approximate surface area is 229 Å². The highest BCUT2D eigenvalue weighted by atomic mass is 79.9. The van der Waals surface area contributed by atoms with E-state index in [0.717, 1.165) is 14.7 Å². The van der Waals surface area contributed by atoms with Crippen molar-refractivity contribution in [2.75, 3.05) is 6.54 Å². The van der Waals surface area contributed by atoms with E-state index in [1.54, 1.807) is 24.3 Å². The van der Waals surface area contributed by atoms with Crippen molar-refractivity contribution >= 4 is 45.2 Å². The van der Waals surface area contributed by atoms with Gasteiger partial charge in [0.25, 0.3) is 5.91 Å². The van der Waals surface area contributed by atoms with Crippen molar-refractivity contribution < 1.29 is 23.9 Å². The number of amides is 1. The van der Waals surface area contributed by atoms with E-state index in [1.807, 2.05) is 12.1 Å². The van der Waals surface area contributed by atoms with E-state index in [9.17, 15) is 18.8 Å². The van der Waals surface area contributed by atoms with Crippen molar-refractivity contribution in [3.05, 3.63) is 110 Å². The Balaban J connectivity index is 1.48. The average molecular weight is 598 g/mol. The molecular weight excluding hydrogens is 579 g/mol. The summed E-state index contributed by atoms with van der Waals surface area (Å²) in [6.07, 6.45) is 1.80. The molecule has 1 unspecified atom stereocenters. The van der Waals surface area contributed by atoms with E-state index in [-0.39, 0.29) is 40.7 Å². The van der Waals surface area contributed by atoms with Crippen molar-refractivity contribution in [3.63, 3.8) is 0 Å². The summed E-state index contributed by atoms with van der Waals surface area (Å²) in [5.74, 6) is -2.52. The molecule has 1 aliphatic heterocycles. The van der Waals surface area contributed by atoms with Gasteiger partial charge in [0.1, 0.15) is 11.7 Å². The molecule has 0 spiro atoms. The predicted molar refractivity (Wildman–Crippen MR) is 140 cm³/mol. The Bertz CT molecular complexity index is 1570. The Morgan fingerprint density at radius 2 is 1.82 bits per heavy atom. The minimum atomic E-state index is -1.06. The van der Waals surface area contributed by atoms with E-state index in [2.05, 4.69) is 26.2 Å².